The van der Waals surface area contributed by atoms with Crippen molar-refractivity contribution in [3.63, 3.8) is 0 Å². The number of imidazole rings is 1. The molecule has 31 heavy (non-hydrogen) atoms. The summed E-state index contributed by atoms with van der Waals surface area (Å²) < 4.78 is 30.7. The van der Waals surface area contributed by atoms with E-state index in [4.69, 9.17) is 4.74 Å². The van der Waals surface area contributed by atoms with Crippen molar-refractivity contribution in [3.8, 4) is 5.75 Å². The second kappa shape index (κ2) is 8.03. The first-order valence-electron chi connectivity index (χ1n) is 9.69. The van der Waals surface area contributed by atoms with E-state index >= 15 is 0 Å². The number of amides is 2. The topological polar surface area (TPSA) is 101 Å². The first-order valence-corrected chi connectivity index (χ1v) is 11.6. The Balaban J connectivity index is 1.50. The van der Waals surface area contributed by atoms with Gasteiger partial charge in [-0.1, -0.05) is 6.07 Å². The molecule has 3 aromatic rings. The van der Waals surface area contributed by atoms with Crippen molar-refractivity contribution in [2.75, 3.05) is 39.5 Å². The van der Waals surface area contributed by atoms with Crippen LogP contribution in [0.15, 0.2) is 53.8 Å². The van der Waals surface area contributed by atoms with Crippen molar-refractivity contribution in [2.45, 2.75) is 5.16 Å². The molecule has 9 nitrogen and oxygen atoms in total. The van der Waals surface area contributed by atoms with Crippen LogP contribution in [0.2, 0.25) is 0 Å². The maximum atomic E-state index is 13.1. The molecule has 0 atom stereocenters. The number of fused-ring (bicyclic) bond motifs is 1. The van der Waals surface area contributed by atoms with E-state index in [1.165, 1.54) is 4.40 Å². The van der Waals surface area contributed by atoms with Gasteiger partial charge < -0.3 is 14.5 Å². The van der Waals surface area contributed by atoms with E-state index < -0.39 is 9.84 Å². The fourth-order valence-corrected chi connectivity index (χ4v) is 4.38. The first kappa shape index (κ1) is 20.9. The Labute approximate surface area is 179 Å². The number of pyridine rings is 1. The largest absolute Gasteiger partial charge is 0.497 e. The molecular weight excluding hydrogens is 420 g/mol. The number of aromatic nitrogens is 2. The number of methoxy groups -OCH3 is 1. The molecule has 0 saturated carbocycles. The van der Waals surface area contributed by atoms with Gasteiger partial charge in [-0.2, -0.15) is 0 Å². The highest BCUT2D eigenvalue weighted by Crippen LogP contribution is 2.20. The van der Waals surface area contributed by atoms with Crippen molar-refractivity contribution in [1.82, 2.24) is 19.2 Å². The minimum Gasteiger partial charge on any atom is -0.497 e. The van der Waals surface area contributed by atoms with Crippen LogP contribution >= 0.6 is 0 Å². The maximum absolute atomic E-state index is 13.1. The number of sulfone groups is 1. The van der Waals surface area contributed by atoms with Crippen LogP contribution in [0.1, 0.15) is 20.8 Å². The Hall–Kier alpha value is -3.40. The van der Waals surface area contributed by atoms with E-state index in [0.717, 1.165) is 6.26 Å². The number of nitrogens with zero attached hydrogens (tertiary/aromatic N) is 4. The summed E-state index contributed by atoms with van der Waals surface area (Å²) >= 11 is 0. The van der Waals surface area contributed by atoms with E-state index in [-0.39, 0.29) is 22.7 Å². The fraction of sp³-hybridized carbons (Fsp3) is 0.286. The molecule has 2 aromatic heterocycles. The van der Waals surface area contributed by atoms with E-state index in [0.29, 0.717) is 43.0 Å². The molecule has 1 aromatic carbocycles. The Morgan fingerprint density at radius 1 is 0.935 bits per heavy atom. The van der Waals surface area contributed by atoms with Gasteiger partial charge in [0.1, 0.15) is 5.75 Å². The molecule has 162 valence electrons. The second-order valence-electron chi connectivity index (χ2n) is 7.28. The van der Waals surface area contributed by atoms with Crippen LogP contribution in [-0.2, 0) is 9.84 Å². The van der Waals surface area contributed by atoms with Crippen molar-refractivity contribution in [2.24, 2.45) is 0 Å². The van der Waals surface area contributed by atoms with Crippen LogP contribution in [0.3, 0.4) is 0 Å². The Morgan fingerprint density at radius 2 is 1.55 bits per heavy atom. The number of benzene rings is 1. The van der Waals surface area contributed by atoms with Crippen LogP contribution in [0, 0.1) is 0 Å². The van der Waals surface area contributed by atoms with Crippen LogP contribution in [0.5, 0.6) is 5.75 Å². The third-order valence-electron chi connectivity index (χ3n) is 5.24. The molecule has 0 bridgehead atoms. The number of piperazine rings is 1. The number of ether oxygens (including phenoxy) is 1. The lowest BCUT2D eigenvalue weighted by Gasteiger charge is -2.34. The maximum Gasteiger partial charge on any atom is 0.274 e. The highest BCUT2D eigenvalue weighted by atomic mass is 32.2. The van der Waals surface area contributed by atoms with Gasteiger partial charge in [-0.15, -0.1) is 0 Å². The summed E-state index contributed by atoms with van der Waals surface area (Å²) in [6.07, 6.45) is 2.63. The van der Waals surface area contributed by atoms with Crippen molar-refractivity contribution >= 4 is 27.2 Å². The van der Waals surface area contributed by atoms with Crippen molar-refractivity contribution < 1.29 is 22.7 Å². The zero-order valence-corrected chi connectivity index (χ0v) is 18.0. The highest BCUT2D eigenvalue weighted by molar-refractivity contribution is 7.90. The molecule has 1 fully saturated rings. The summed E-state index contributed by atoms with van der Waals surface area (Å²) in [6.45, 7) is 1.42. The van der Waals surface area contributed by atoms with E-state index in [1.54, 1.807) is 65.6 Å². The molecule has 4 rings (SSSR count). The Morgan fingerprint density at radius 3 is 2.13 bits per heavy atom. The normalized spacial score (nSPS) is 14.6. The van der Waals surface area contributed by atoms with E-state index in [2.05, 4.69) is 4.98 Å². The summed E-state index contributed by atoms with van der Waals surface area (Å²) in [4.78, 5) is 33.3. The average Bonchev–Trinajstić information content (AvgIpc) is 3.18. The van der Waals surface area contributed by atoms with Gasteiger partial charge in [-0.25, -0.2) is 13.4 Å². The lowest BCUT2D eigenvalue weighted by atomic mass is 10.1. The molecule has 2 amide bonds. The third-order valence-corrected chi connectivity index (χ3v) is 6.19. The molecule has 0 spiro atoms. The van der Waals surface area contributed by atoms with Crippen LogP contribution in [0.25, 0.3) is 5.52 Å². The lowest BCUT2D eigenvalue weighted by molar-refractivity contribution is 0.0533. The monoisotopic (exact) mass is 442 g/mol. The van der Waals surface area contributed by atoms with Gasteiger partial charge in [-0.3, -0.25) is 14.0 Å². The lowest BCUT2D eigenvalue weighted by Crippen LogP contribution is -2.50. The molecule has 0 radical (unpaired) electrons. The number of hydrogen-bond donors (Lipinski definition) is 0. The zero-order chi connectivity index (χ0) is 22.2. The molecule has 3 heterocycles. The molecule has 0 aliphatic carbocycles. The molecule has 0 N–H and O–H groups in total. The number of hydrogen-bond acceptors (Lipinski definition) is 6. The minimum absolute atomic E-state index is 0.0935. The van der Waals surface area contributed by atoms with Gasteiger partial charge in [-0.05, 0) is 36.4 Å². The highest BCUT2D eigenvalue weighted by Gasteiger charge is 2.29. The summed E-state index contributed by atoms with van der Waals surface area (Å²) in [5, 5.41) is -0.167. The average molecular weight is 442 g/mol. The number of carbonyl (C=O) groups is 2. The SMILES string of the molecule is COc1ccc(C(=O)N2CCN(C(=O)c3nc(S(C)(=O)=O)n4ccccc34)CC2)cc1. The standard InChI is InChI=1S/C21H22N4O5S/c1-30-16-8-6-15(7-9-16)19(26)23-11-13-24(14-12-23)20(27)18-17-5-3-4-10-25(17)21(22-18)31(2,28)29/h3-10H,11-14H2,1-2H3. The first-order chi connectivity index (χ1) is 14.8. The van der Waals surface area contributed by atoms with Gasteiger partial charge in [0.2, 0.25) is 15.0 Å². The van der Waals surface area contributed by atoms with Crippen molar-refractivity contribution in [3.05, 3.63) is 59.9 Å². The third kappa shape index (κ3) is 3.98. The summed E-state index contributed by atoms with van der Waals surface area (Å²) in [5.41, 5.74) is 1.08. The van der Waals surface area contributed by atoms with Gasteiger partial charge in [0.15, 0.2) is 5.69 Å². The van der Waals surface area contributed by atoms with Gasteiger partial charge in [0.05, 0.1) is 12.6 Å². The minimum atomic E-state index is -3.61. The van der Waals surface area contributed by atoms with E-state index in [9.17, 15) is 18.0 Å². The predicted molar refractivity (Wildman–Crippen MR) is 113 cm³/mol. The van der Waals surface area contributed by atoms with Crippen LogP contribution in [0.4, 0.5) is 0 Å². The quantitative estimate of drug-likeness (QED) is 0.605. The van der Waals surface area contributed by atoms with Gasteiger partial charge in [0, 0.05) is 44.2 Å². The predicted octanol–water partition coefficient (Wildman–Crippen LogP) is 1.34. The summed E-state index contributed by atoms with van der Waals surface area (Å²) in [7, 11) is -2.04. The molecule has 1 aliphatic rings. The molecule has 1 aliphatic heterocycles. The number of carbonyl (C=O) groups excluding carboxylic acids is 2. The van der Waals surface area contributed by atoms with Gasteiger partial charge in [0.25, 0.3) is 11.8 Å². The molecule has 0 unspecified atom stereocenters. The zero-order valence-electron chi connectivity index (χ0n) is 17.2. The Kier molecular flexibility index (Phi) is 5.40. The van der Waals surface area contributed by atoms with Crippen LogP contribution < -0.4 is 4.74 Å². The van der Waals surface area contributed by atoms with Crippen LogP contribution in [-0.4, -0.2) is 79.0 Å². The van der Waals surface area contributed by atoms with Crippen molar-refractivity contribution in [1.29, 1.82) is 0 Å². The number of rotatable bonds is 4. The van der Waals surface area contributed by atoms with E-state index in [1.807, 2.05) is 0 Å². The molecule has 10 heteroatoms. The smallest absolute Gasteiger partial charge is 0.274 e. The summed E-state index contributed by atoms with van der Waals surface area (Å²) in [6, 6.07) is 12.0. The second-order valence-corrected chi connectivity index (χ2v) is 9.19. The van der Waals surface area contributed by atoms with Gasteiger partial charge >= 0.3 is 0 Å². The summed E-state index contributed by atoms with van der Waals surface area (Å²) in [5.74, 6) is 0.212. The Bertz CT molecular complexity index is 1240. The molecular formula is C21H22N4O5S. The molecule has 1 saturated heterocycles. The fourth-order valence-electron chi connectivity index (χ4n) is 3.61.